The average molecular weight is 352 g/mol. The highest BCUT2D eigenvalue weighted by molar-refractivity contribution is 5.94. The molecule has 5 nitrogen and oxygen atoms in total. The molecule has 1 aliphatic carbocycles. The van der Waals surface area contributed by atoms with Crippen molar-refractivity contribution in [3.63, 3.8) is 0 Å². The number of aromatic nitrogens is 2. The van der Waals surface area contributed by atoms with E-state index in [0.717, 1.165) is 54.0 Å². The second kappa shape index (κ2) is 7.96. The first kappa shape index (κ1) is 18.5. The van der Waals surface area contributed by atoms with Crippen molar-refractivity contribution in [1.82, 2.24) is 9.97 Å². The number of nitrogens with zero attached hydrogens (tertiary/aromatic N) is 2. The van der Waals surface area contributed by atoms with Gasteiger partial charge in [0.2, 0.25) is 5.91 Å². The zero-order chi connectivity index (χ0) is 18.7. The van der Waals surface area contributed by atoms with Crippen LogP contribution in [0.2, 0.25) is 0 Å². The number of hydrogen-bond donors (Lipinski definition) is 2. The van der Waals surface area contributed by atoms with Crippen LogP contribution >= 0.6 is 0 Å². The number of pyridine rings is 2. The molecule has 2 aromatic rings. The van der Waals surface area contributed by atoms with E-state index < -0.39 is 6.04 Å². The number of aryl methyl sites for hydroxylation is 2. The molecule has 26 heavy (non-hydrogen) atoms. The molecule has 0 aliphatic heterocycles. The van der Waals surface area contributed by atoms with Crippen LogP contribution in [-0.4, -0.2) is 21.9 Å². The highest BCUT2D eigenvalue weighted by Gasteiger charge is 2.28. The predicted molar refractivity (Wildman–Crippen MR) is 105 cm³/mol. The van der Waals surface area contributed by atoms with Crippen LogP contribution in [0.3, 0.4) is 0 Å². The molecule has 1 aliphatic rings. The van der Waals surface area contributed by atoms with Gasteiger partial charge in [-0.2, -0.15) is 0 Å². The van der Waals surface area contributed by atoms with E-state index in [1.807, 2.05) is 38.2 Å². The second-order valence-corrected chi connectivity index (χ2v) is 7.61. The van der Waals surface area contributed by atoms with Gasteiger partial charge in [0.15, 0.2) is 0 Å². The second-order valence-electron chi connectivity index (χ2n) is 7.61. The maximum Gasteiger partial charge on any atom is 0.242 e. The topological polar surface area (TPSA) is 80.9 Å². The van der Waals surface area contributed by atoms with Gasteiger partial charge in [-0.15, -0.1) is 0 Å². The molecule has 0 saturated heterocycles. The van der Waals surface area contributed by atoms with Crippen LogP contribution in [-0.2, 0) is 4.79 Å². The summed E-state index contributed by atoms with van der Waals surface area (Å²) in [5, 5.41) is 2.87. The largest absolute Gasteiger partial charge is 0.320 e. The van der Waals surface area contributed by atoms with Crippen LogP contribution in [0, 0.1) is 25.7 Å². The number of carbonyl (C=O) groups excluding carboxylic acids is 1. The molecule has 0 aromatic carbocycles. The molecule has 2 aromatic heterocycles. The molecule has 0 unspecified atom stereocenters. The summed E-state index contributed by atoms with van der Waals surface area (Å²) in [5.74, 6) is 1.42. The molecule has 1 amide bonds. The van der Waals surface area contributed by atoms with Crippen LogP contribution in [0.4, 0.5) is 5.82 Å². The van der Waals surface area contributed by atoms with E-state index in [-0.39, 0.29) is 11.8 Å². The summed E-state index contributed by atoms with van der Waals surface area (Å²) in [6.07, 6.45) is 8.02. The lowest BCUT2D eigenvalue weighted by molar-refractivity contribution is -0.118. The van der Waals surface area contributed by atoms with Crippen molar-refractivity contribution in [2.45, 2.75) is 52.5 Å². The van der Waals surface area contributed by atoms with E-state index in [1.165, 1.54) is 0 Å². The third-order valence-corrected chi connectivity index (χ3v) is 5.44. The fraction of sp³-hybridized carbons (Fsp3) is 0.476. The molecule has 2 heterocycles. The molecule has 3 rings (SSSR count). The molecule has 138 valence electrons. The van der Waals surface area contributed by atoms with Gasteiger partial charge in [-0.3, -0.25) is 9.78 Å². The Bertz CT molecular complexity index is 764. The number of rotatable bonds is 4. The monoisotopic (exact) mass is 352 g/mol. The molecule has 5 heteroatoms. The highest BCUT2D eigenvalue weighted by Crippen LogP contribution is 2.30. The molecular weight excluding hydrogens is 324 g/mol. The summed E-state index contributed by atoms with van der Waals surface area (Å²) in [6.45, 7) is 6.26. The lowest BCUT2D eigenvalue weighted by Crippen LogP contribution is -2.43. The third kappa shape index (κ3) is 4.28. The minimum Gasteiger partial charge on any atom is -0.320 e. The van der Waals surface area contributed by atoms with Crippen LogP contribution < -0.4 is 11.1 Å². The lowest BCUT2D eigenvalue weighted by Gasteiger charge is -2.29. The van der Waals surface area contributed by atoms with Crippen molar-refractivity contribution in [3.8, 4) is 11.1 Å². The molecule has 1 saturated carbocycles. The maximum atomic E-state index is 12.5. The van der Waals surface area contributed by atoms with Gasteiger partial charge in [0.05, 0.1) is 6.04 Å². The summed E-state index contributed by atoms with van der Waals surface area (Å²) in [5.41, 5.74) is 10.4. The highest BCUT2D eigenvalue weighted by atomic mass is 16.2. The quantitative estimate of drug-likeness (QED) is 0.876. The van der Waals surface area contributed by atoms with Gasteiger partial charge in [-0.05, 0) is 67.9 Å². The summed E-state index contributed by atoms with van der Waals surface area (Å²) >= 11 is 0. The van der Waals surface area contributed by atoms with E-state index >= 15 is 0 Å². The first-order chi connectivity index (χ1) is 12.4. The van der Waals surface area contributed by atoms with Crippen molar-refractivity contribution < 1.29 is 4.79 Å². The zero-order valence-electron chi connectivity index (χ0n) is 15.8. The van der Waals surface area contributed by atoms with Crippen LogP contribution in [0.25, 0.3) is 11.1 Å². The Balaban J connectivity index is 1.65. The lowest BCUT2D eigenvalue weighted by atomic mass is 9.79. The Hall–Kier alpha value is -2.27. The number of hydrogen-bond acceptors (Lipinski definition) is 4. The van der Waals surface area contributed by atoms with Crippen LogP contribution in [0.1, 0.15) is 43.9 Å². The molecule has 0 radical (unpaired) electrons. The van der Waals surface area contributed by atoms with E-state index in [2.05, 4.69) is 22.2 Å². The standard InChI is InChI=1S/C21H28N4O/c1-13-4-6-16(7-5-13)20(22)21(26)25-19-9-8-17(12-24-19)18-10-15(3)23-11-14(18)2/h8-13,16,20H,4-7,22H2,1-3H3,(H,24,25,26)/t13?,16?,20-/m0/s1. The van der Waals surface area contributed by atoms with Gasteiger partial charge in [0, 0.05) is 23.7 Å². The maximum absolute atomic E-state index is 12.5. The van der Waals surface area contributed by atoms with Gasteiger partial charge in [0.1, 0.15) is 5.82 Å². The molecule has 0 spiro atoms. The van der Waals surface area contributed by atoms with Gasteiger partial charge in [-0.1, -0.05) is 19.8 Å². The Morgan fingerprint density at radius 3 is 2.54 bits per heavy atom. The summed E-state index contributed by atoms with van der Waals surface area (Å²) < 4.78 is 0. The Labute approximate surface area is 155 Å². The van der Waals surface area contributed by atoms with E-state index in [4.69, 9.17) is 5.73 Å². The zero-order valence-corrected chi connectivity index (χ0v) is 15.8. The number of anilines is 1. The van der Waals surface area contributed by atoms with Gasteiger partial charge in [-0.25, -0.2) is 4.98 Å². The van der Waals surface area contributed by atoms with Gasteiger partial charge in [0.25, 0.3) is 0 Å². The molecular formula is C21H28N4O. The summed E-state index contributed by atoms with van der Waals surface area (Å²) in [7, 11) is 0. The van der Waals surface area contributed by atoms with Gasteiger partial charge < -0.3 is 11.1 Å². The molecule has 1 atom stereocenters. The van der Waals surface area contributed by atoms with Crippen molar-refractivity contribution in [3.05, 3.63) is 41.9 Å². The Morgan fingerprint density at radius 1 is 1.15 bits per heavy atom. The van der Waals surface area contributed by atoms with E-state index in [0.29, 0.717) is 5.82 Å². The van der Waals surface area contributed by atoms with Crippen LogP contribution in [0.5, 0.6) is 0 Å². The van der Waals surface area contributed by atoms with Crippen molar-refractivity contribution in [1.29, 1.82) is 0 Å². The molecule has 0 bridgehead atoms. The first-order valence-electron chi connectivity index (χ1n) is 9.40. The Morgan fingerprint density at radius 2 is 1.88 bits per heavy atom. The Kier molecular flexibility index (Phi) is 5.67. The fourth-order valence-electron chi connectivity index (χ4n) is 3.63. The normalized spacial score (nSPS) is 21.2. The number of nitrogens with one attached hydrogen (secondary N) is 1. The molecule has 1 fully saturated rings. The van der Waals surface area contributed by atoms with Gasteiger partial charge >= 0.3 is 0 Å². The van der Waals surface area contributed by atoms with Crippen LogP contribution in [0.15, 0.2) is 30.6 Å². The van der Waals surface area contributed by atoms with Crippen molar-refractivity contribution in [2.24, 2.45) is 17.6 Å². The van der Waals surface area contributed by atoms with Crippen molar-refractivity contribution in [2.75, 3.05) is 5.32 Å². The third-order valence-electron chi connectivity index (χ3n) is 5.44. The average Bonchev–Trinajstić information content (AvgIpc) is 2.64. The fourth-order valence-corrected chi connectivity index (χ4v) is 3.63. The number of carbonyl (C=O) groups is 1. The van der Waals surface area contributed by atoms with Crippen molar-refractivity contribution >= 4 is 11.7 Å². The SMILES string of the molecule is Cc1cc(-c2ccc(NC(=O)[C@@H](N)C3CCC(C)CC3)nc2)c(C)cn1. The van der Waals surface area contributed by atoms with E-state index in [1.54, 1.807) is 6.20 Å². The smallest absolute Gasteiger partial charge is 0.242 e. The summed E-state index contributed by atoms with van der Waals surface area (Å²) in [6, 6.07) is 5.38. The number of amides is 1. The molecule has 3 N–H and O–H groups in total. The first-order valence-corrected chi connectivity index (χ1v) is 9.40. The minimum atomic E-state index is -0.464. The predicted octanol–water partition coefficient (Wildman–Crippen LogP) is 3.85. The minimum absolute atomic E-state index is 0.138. The summed E-state index contributed by atoms with van der Waals surface area (Å²) in [4.78, 5) is 21.2. The van der Waals surface area contributed by atoms with E-state index in [9.17, 15) is 4.79 Å². The number of nitrogens with two attached hydrogens (primary N) is 1.